The van der Waals surface area contributed by atoms with E-state index in [-0.39, 0.29) is 15.8 Å². The standard InChI is InChI=1S/C13H8BrF3N4O4/c1-2-11(22)18-7-3-8(5-9(4-7)25-13(15,16)17)20-6-10(14)12(19-20)21(23)24/h2-6H,1H2,(H,18,22). The molecule has 2 aromatic rings. The summed E-state index contributed by atoms with van der Waals surface area (Å²) >= 11 is 2.93. The molecule has 0 atom stereocenters. The van der Waals surface area contributed by atoms with Gasteiger partial charge in [0.15, 0.2) is 0 Å². The Kier molecular flexibility index (Phi) is 5.11. The van der Waals surface area contributed by atoms with E-state index in [1.807, 2.05) is 0 Å². The molecule has 0 unspecified atom stereocenters. The highest BCUT2D eigenvalue weighted by Gasteiger charge is 2.31. The second-order valence-corrected chi connectivity index (χ2v) is 5.31. The molecule has 0 bridgehead atoms. The van der Waals surface area contributed by atoms with Crippen LogP contribution < -0.4 is 10.1 Å². The number of alkyl halides is 3. The van der Waals surface area contributed by atoms with E-state index in [9.17, 15) is 28.1 Å². The lowest BCUT2D eigenvalue weighted by molar-refractivity contribution is -0.390. The van der Waals surface area contributed by atoms with Crippen LogP contribution in [0.5, 0.6) is 5.75 Å². The number of carbonyl (C=O) groups excluding carboxylic acids is 1. The number of amides is 1. The van der Waals surface area contributed by atoms with E-state index in [0.29, 0.717) is 0 Å². The van der Waals surface area contributed by atoms with Crippen LogP contribution in [0.15, 0.2) is 41.5 Å². The lowest BCUT2D eigenvalue weighted by atomic mass is 10.2. The Balaban J connectivity index is 2.51. The van der Waals surface area contributed by atoms with E-state index >= 15 is 0 Å². The summed E-state index contributed by atoms with van der Waals surface area (Å²) in [6.07, 6.45) is -2.86. The topological polar surface area (TPSA) is 99.3 Å². The molecule has 0 saturated heterocycles. The van der Waals surface area contributed by atoms with Crippen LogP contribution in [0.25, 0.3) is 5.69 Å². The smallest absolute Gasteiger partial charge is 0.406 e. The molecule has 132 valence electrons. The molecule has 1 heterocycles. The van der Waals surface area contributed by atoms with Crippen LogP contribution in [-0.4, -0.2) is 27.0 Å². The van der Waals surface area contributed by atoms with Gasteiger partial charge in [-0.2, -0.15) is 0 Å². The zero-order chi connectivity index (χ0) is 18.8. The Labute approximate surface area is 146 Å². The van der Waals surface area contributed by atoms with Crippen molar-refractivity contribution in [2.75, 3.05) is 5.32 Å². The lowest BCUT2D eigenvalue weighted by Crippen LogP contribution is -2.17. The first-order chi connectivity index (χ1) is 11.6. The minimum Gasteiger partial charge on any atom is -0.406 e. The van der Waals surface area contributed by atoms with Crippen LogP contribution >= 0.6 is 15.9 Å². The molecule has 0 aliphatic carbocycles. The Hall–Kier alpha value is -2.89. The fourth-order valence-electron chi connectivity index (χ4n) is 1.77. The Bertz CT molecular complexity index is 850. The summed E-state index contributed by atoms with van der Waals surface area (Å²) in [5.41, 5.74) is -0.0502. The van der Waals surface area contributed by atoms with Crippen molar-refractivity contribution in [3.8, 4) is 11.4 Å². The molecule has 0 radical (unpaired) electrons. The quantitative estimate of drug-likeness (QED) is 0.452. The molecule has 0 saturated carbocycles. The first-order valence-electron chi connectivity index (χ1n) is 6.33. The highest BCUT2D eigenvalue weighted by Crippen LogP contribution is 2.30. The molecule has 8 nitrogen and oxygen atoms in total. The van der Waals surface area contributed by atoms with Gasteiger partial charge in [0, 0.05) is 17.8 Å². The van der Waals surface area contributed by atoms with E-state index in [1.165, 1.54) is 12.3 Å². The lowest BCUT2D eigenvalue weighted by Gasteiger charge is -2.12. The van der Waals surface area contributed by atoms with E-state index < -0.39 is 28.8 Å². The third-order valence-electron chi connectivity index (χ3n) is 2.67. The molecule has 0 fully saturated rings. The van der Waals surface area contributed by atoms with Crippen molar-refractivity contribution in [1.29, 1.82) is 0 Å². The molecule has 2 rings (SSSR count). The van der Waals surface area contributed by atoms with E-state index in [0.717, 1.165) is 22.9 Å². The van der Waals surface area contributed by atoms with Gasteiger partial charge in [-0.15, -0.1) is 17.9 Å². The molecule has 1 N–H and O–H groups in total. The molecule has 25 heavy (non-hydrogen) atoms. The third kappa shape index (κ3) is 4.79. The van der Waals surface area contributed by atoms with Crippen LogP contribution in [0.1, 0.15) is 0 Å². The number of rotatable bonds is 5. The summed E-state index contributed by atoms with van der Waals surface area (Å²) in [5.74, 6) is -1.83. The van der Waals surface area contributed by atoms with Gasteiger partial charge in [-0.25, -0.2) is 0 Å². The molecule has 1 aromatic heterocycles. The van der Waals surface area contributed by atoms with Crippen LogP contribution in [0.4, 0.5) is 24.7 Å². The van der Waals surface area contributed by atoms with Crippen LogP contribution in [0.3, 0.4) is 0 Å². The first-order valence-corrected chi connectivity index (χ1v) is 7.12. The third-order valence-corrected chi connectivity index (χ3v) is 3.23. The van der Waals surface area contributed by atoms with Gasteiger partial charge in [0.05, 0.1) is 17.0 Å². The zero-order valence-electron chi connectivity index (χ0n) is 12.1. The highest BCUT2D eigenvalue weighted by atomic mass is 79.9. The fourth-order valence-corrected chi connectivity index (χ4v) is 2.19. The number of aromatic nitrogens is 2. The van der Waals surface area contributed by atoms with Crippen molar-refractivity contribution >= 4 is 33.3 Å². The summed E-state index contributed by atoms with van der Waals surface area (Å²) in [6, 6.07) is 3.15. The van der Waals surface area contributed by atoms with Gasteiger partial charge < -0.3 is 20.2 Å². The number of nitro groups is 1. The molecular formula is C13H8BrF3N4O4. The molecule has 0 aliphatic rings. The van der Waals surface area contributed by atoms with E-state index in [4.69, 9.17) is 0 Å². The molecule has 1 amide bonds. The maximum atomic E-state index is 12.5. The van der Waals surface area contributed by atoms with Crippen LogP contribution in [0.2, 0.25) is 0 Å². The zero-order valence-corrected chi connectivity index (χ0v) is 13.7. The number of anilines is 1. The summed E-state index contributed by atoms with van der Waals surface area (Å²) in [5, 5.41) is 16.8. The summed E-state index contributed by atoms with van der Waals surface area (Å²) < 4.78 is 42.2. The number of nitrogens with zero attached hydrogens (tertiary/aromatic N) is 3. The normalized spacial score (nSPS) is 11.0. The maximum Gasteiger partial charge on any atom is 0.573 e. The fraction of sp³-hybridized carbons (Fsp3) is 0.0769. The number of hydrogen-bond acceptors (Lipinski definition) is 5. The number of halogens is 4. The molecule has 0 aliphatic heterocycles. The first kappa shape index (κ1) is 18.4. The number of hydrogen-bond donors (Lipinski definition) is 1. The molecular weight excluding hydrogens is 413 g/mol. The van der Waals surface area contributed by atoms with Gasteiger partial charge >= 0.3 is 12.2 Å². The Morgan fingerprint density at radius 1 is 1.44 bits per heavy atom. The number of carbonyl (C=O) groups is 1. The van der Waals surface area contributed by atoms with Crippen LogP contribution in [-0.2, 0) is 4.79 Å². The number of nitrogens with one attached hydrogen (secondary N) is 1. The van der Waals surface area contributed by atoms with Crippen molar-refractivity contribution in [2.24, 2.45) is 0 Å². The minimum atomic E-state index is -4.96. The van der Waals surface area contributed by atoms with Crippen molar-refractivity contribution < 1.29 is 27.6 Å². The monoisotopic (exact) mass is 420 g/mol. The predicted octanol–water partition coefficient (Wildman–Crippen LogP) is 3.57. The molecule has 0 spiro atoms. The molecule has 1 aromatic carbocycles. The van der Waals surface area contributed by atoms with E-state index in [1.54, 1.807) is 0 Å². The average Bonchev–Trinajstić information content (AvgIpc) is 2.87. The van der Waals surface area contributed by atoms with Gasteiger partial charge in [-0.05, 0) is 33.0 Å². The van der Waals surface area contributed by atoms with Gasteiger partial charge in [0.2, 0.25) is 5.91 Å². The minimum absolute atomic E-state index is 0.00471. The second kappa shape index (κ2) is 6.93. The van der Waals surface area contributed by atoms with Gasteiger partial charge in [0.1, 0.15) is 10.2 Å². The van der Waals surface area contributed by atoms with Crippen molar-refractivity contribution in [3.05, 3.63) is 51.6 Å². The average molecular weight is 421 g/mol. The maximum absolute atomic E-state index is 12.5. The highest BCUT2D eigenvalue weighted by molar-refractivity contribution is 9.10. The van der Waals surface area contributed by atoms with Gasteiger partial charge in [-0.3, -0.25) is 4.79 Å². The SMILES string of the molecule is C=CC(=O)Nc1cc(OC(F)(F)F)cc(-n2cc(Br)c([N+](=O)[O-])n2)c1. The van der Waals surface area contributed by atoms with Crippen molar-refractivity contribution in [2.45, 2.75) is 6.36 Å². The van der Waals surface area contributed by atoms with Crippen molar-refractivity contribution in [1.82, 2.24) is 9.78 Å². The second-order valence-electron chi connectivity index (χ2n) is 4.46. The Morgan fingerprint density at radius 3 is 2.64 bits per heavy atom. The van der Waals surface area contributed by atoms with Crippen LogP contribution in [0, 0.1) is 10.1 Å². The van der Waals surface area contributed by atoms with Crippen molar-refractivity contribution in [3.63, 3.8) is 0 Å². The predicted molar refractivity (Wildman–Crippen MR) is 83.4 cm³/mol. The summed E-state index contributed by atoms with van der Waals surface area (Å²) in [4.78, 5) is 21.4. The Morgan fingerprint density at radius 2 is 2.12 bits per heavy atom. The summed E-state index contributed by atoms with van der Waals surface area (Å²) in [7, 11) is 0. The van der Waals surface area contributed by atoms with Gasteiger partial charge in [0.25, 0.3) is 0 Å². The molecule has 12 heteroatoms. The number of benzene rings is 1. The van der Waals surface area contributed by atoms with Gasteiger partial charge in [-0.1, -0.05) is 6.58 Å². The summed E-state index contributed by atoms with van der Waals surface area (Å²) in [6.45, 7) is 3.23. The van der Waals surface area contributed by atoms with E-state index in [2.05, 4.69) is 37.7 Å². The largest absolute Gasteiger partial charge is 0.573 e. The number of ether oxygens (including phenoxy) is 1.